The summed E-state index contributed by atoms with van der Waals surface area (Å²) in [6, 6.07) is 61.8. The van der Waals surface area contributed by atoms with Crippen LogP contribution in [0.15, 0.2) is 174 Å². The van der Waals surface area contributed by atoms with Gasteiger partial charge in [0.15, 0.2) is 0 Å². The predicted octanol–water partition coefficient (Wildman–Crippen LogP) is 14.4. The maximum Gasteiger partial charge on any atom is 0.136 e. The fourth-order valence-electron chi connectivity index (χ4n) is 8.19. The highest BCUT2D eigenvalue weighted by molar-refractivity contribution is 7.26. The summed E-state index contributed by atoms with van der Waals surface area (Å²) in [5.41, 5.74) is 9.08. The van der Waals surface area contributed by atoms with Gasteiger partial charge >= 0.3 is 0 Å². The van der Waals surface area contributed by atoms with Crippen LogP contribution in [0.4, 0.5) is 0 Å². The Morgan fingerprint density at radius 1 is 0.320 bits per heavy atom. The second-order valence-electron chi connectivity index (χ2n) is 13.2. The molecule has 0 fully saturated rings. The van der Waals surface area contributed by atoms with Crippen LogP contribution in [-0.2, 0) is 0 Å². The van der Waals surface area contributed by atoms with Crippen molar-refractivity contribution in [3.05, 3.63) is 170 Å². The van der Waals surface area contributed by atoms with Gasteiger partial charge < -0.3 is 4.42 Å². The first-order valence-electron chi connectivity index (χ1n) is 17.1. The normalized spacial score (nSPS) is 12.0. The smallest absolute Gasteiger partial charge is 0.136 e. The number of hydrogen-bond donors (Lipinski definition) is 0. The van der Waals surface area contributed by atoms with Crippen molar-refractivity contribution in [3.63, 3.8) is 0 Å². The van der Waals surface area contributed by atoms with Crippen molar-refractivity contribution in [3.8, 4) is 33.4 Å². The molecule has 11 aromatic rings. The van der Waals surface area contributed by atoms with E-state index in [1.807, 2.05) is 11.3 Å². The number of rotatable bonds is 3. The molecular formula is C48H28OS. The van der Waals surface area contributed by atoms with E-state index in [1.165, 1.54) is 74.7 Å². The van der Waals surface area contributed by atoms with Crippen LogP contribution in [0.1, 0.15) is 0 Å². The average molecular weight is 653 g/mol. The van der Waals surface area contributed by atoms with E-state index in [-0.39, 0.29) is 0 Å². The van der Waals surface area contributed by atoms with E-state index >= 15 is 0 Å². The maximum absolute atomic E-state index is 6.68. The highest BCUT2D eigenvalue weighted by Gasteiger charge is 2.18. The van der Waals surface area contributed by atoms with E-state index < -0.39 is 0 Å². The lowest BCUT2D eigenvalue weighted by molar-refractivity contribution is 0.669. The molecule has 1 nitrogen and oxygen atoms in total. The molecule has 0 spiro atoms. The number of thiophene rings is 1. The molecule has 0 bridgehead atoms. The molecule has 0 unspecified atom stereocenters. The largest absolute Gasteiger partial charge is 0.456 e. The monoisotopic (exact) mass is 652 g/mol. The van der Waals surface area contributed by atoms with Gasteiger partial charge in [-0.3, -0.25) is 0 Å². The zero-order valence-corrected chi connectivity index (χ0v) is 27.8. The Kier molecular flexibility index (Phi) is 5.89. The Labute approximate surface area is 292 Å². The summed E-state index contributed by atoms with van der Waals surface area (Å²) in [7, 11) is 0. The van der Waals surface area contributed by atoms with Crippen LogP contribution < -0.4 is 0 Å². The number of hydrogen-bond acceptors (Lipinski definition) is 2. The van der Waals surface area contributed by atoms with E-state index in [4.69, 9.17) is 4.42 Å². The van der Waals surface area contributed by atoms with Crippen LogP contribution in [0, 0.1) is 0 Å². The molecule has 50 heavy (non-hydrogen) atoms. The fourth-order valence-corrected chi connectivity index (χ4v) is 9.35. The van der Waals surface area contributed by atoms with Gasteiger partial charge in [-0.25, -0.2) is 0 Å². The Balaban J connectivity index is 1.06. The van der Waals surface area contributed by atoms with Crippen LogP contribution in [0.5, 0.6) is 0 Å². The van der Waals surface area contributed by atoms with Gasteiger partial charge in [-0.05, 0) is 102 Å². The van der Waals surface area contributed by atoms with Crippen LogP contribution in [0.2, 0.25) is 0 Å². The van der Waals surface area contributed by atoms with Crippen molar-refractivity contribution >= 4 is 85.8 Å². The van der Waals surface area contributed by atoms with E-state index in [9.17, 15) is 0 Å². The maximum atomic E-state index is 6.68. The van der Waals surface area contributed by atoms with Gasteiger partial charge in [0.05, 0.1) is 0 Å². The minimum absolute atomic E-state index is 0.904. The number of benzene rings is 9. The van der Waals surface area contributed by atoms with E-state index in [2.05, 4.69) is 170 Å². The highest BCUT2D eigenvalue weighted by Crippen LogP contribution is 2.45. The molecular weight excluding hydrogens is 625 g/mol. The van der Waals surface area contributed by atoms with Crippen molar-refractivity contribution in [2.24, 2.45) is 0 Å². The molecule has 0 saturated heterocycles. The lowest BCUT2D eigenvalue weighted by Crippen LogP contribution is -1.90. The highest BCUT2D eigenvalue weighted by atomic mass is 32.1. The summed E-state index contributed by atoms with van der Waals surface area (Å²) in [4.78, 5) is 0. The lowest BCUT2D eigenvalue weighted by atomic mass is 9.86. The van der Waals surface area contributed by atoms with E-state index in [0.29, 0.717) is 0 Å². The number of fused-ring (bicyclic) bond motifs is 10. The minimum Gasteiger partial charge on any atom is -0.456 e. The zero-order valence-electron chi connectivity index (χ0n) is 27.0. The van der Waals surface area contributed by atoms with Gasteiger partial charge in [0.25, 0.3) is 0 Å². The van der Waals surface area contributed by atoms with Gasteiger partial charge in [0, 0.05) is 30.9 Å². The van der Waals surface area contributed by atoms with E-state index in [0.717, 1.165) is 33.1 Å². The summed E-state index contributed by atoms with van der Waals surface area (Å²) in [5.74, 6) is 0. The van der Waals surface area contributed by atoms with Crippen LogP contribution in [-0.4, -0.2) is 0 Å². The Hall–Kier alpha value is -6.22. The first-order valence-corrected chi connectivity index (χ1v) is 17.9. The summed E-state index contributed by atoms with van der Waals surface area (Å²) in [6.45, 7) is 0. The van der Waals surface area contributed by atoms with Gasteiger partial charge in [-0.1, -0.05) is 133 Å². The second kappa shape index (κ2) is 10.6. The molecule has 0 N–H and O–H groups in total. The zero-order chi connectivity index (χ0) is 32.8. The van der Waals surface area contributed by atoms with Crippen molar-refractivity contribution in [2.45, 2.75) is 0 Å². The summed E-state index contributed by atoms with van der Waals surface area (Å²) in [6.07, 6.45) is 0. The molecule has 2 aromatic heterocycles. The fraction of sp³-hybridized carbons (Fsp3) is 0. The second-order valence-corrected chi connectivity index (χ2v) is 14.3. The molecule has 0 amide bonds. The SMILES string of the molecule is c1ccc(-c2c3ccccc3c(-c3ccc4c(c3)oc3cc(-c5ccc6c(c5)sc5ccc7ccccc7c56)ccc34)c3ccccc23)cc1. The Bertz CT molecular complexity index is 3090. The van der Waals surface area contributed by atoms with Crippen molar-refractivity contribution < 1.29 is 4.42 Å². The Morgan fingerprint density at radius 3 is 1.52 bits per heavy atom. The van der Waals surface area contributed by atoms with Gasteiger partial charge in [-0.15, -0.1) is 11.3 Å². The molecule has 0 saturated carbocycles. The van der Waals surface area contributed by atoms with Crippen molar-refractivity contribution in [1.82, 2.24) is 0 Å². The van der Waals surface area contributed by atoms with Crippen LogP contribution in [0.3, 0.4) is 0 Å². The topological polar surface area (TPSA) is 13.1 Å². The summed E-state index contributed by atoms with van der Waals surface area (Å²) in [5, 5.41) is 12.5. The van der Waals surface area contributed by atoms with E-state index in [1.54, 1.807) is 0 Å². The number of furan rings is 1. The molecule has 2 heterocycles. The van der Waals surface area contributed by atoms with Crippen LogP contribution in [0.25, 0.3) is 108 Å². The van der Waals surface area contributed by atoms with Gasteiger partial charge in [0.1, 0.15) is 11.2 Å². The molecule has 9 aromatic carbocycles. The summed E-state index contributed by atoms with van der Waals surface area (Å²) < 4.78 is 9.32. The summed E-state index contributed by atoms with van der Waals surface area (Å²) >= 11 is 1.87. The van der Waals surface area contributed by atoms with Crippen molar-refractivity contribution in [2.75, 3.05) is 0 Å². The molecule has 0 aliphatic carbocycles. The Morgan fingerprint density at radius 2 is 0.840 bits per heavy atom. The average Bonchev–Trinajstić information content (AvgIpc) is 3.74. The van der Waals surface area contributed by atoms with Crippen molar-refractivity contribution in [1.29, 1.82) is 0 Å². The standard InChI is InChI=1S/C48H28OS/c1-2-11-30(12-3-1)46-37-14-6-8-16-39(37)47(40-17-9-7-15-38(40)46)33-20-23-36-35-22-18-31(26-42(35)49-43(36)27-33)32-19-24-41-45(28-32)50-44-25-21-29-10-4-5-13-34(29)48(41)44/h1-28H. The van der Waals surface area contributed by atoms with Gasteiger partial charge in [0.2, 0.25) is 0 Å². The molecule has 11 rings (SSSR count). The lowest BCUT2D eigenvalue weighted by Gasteiger charge is -2.17. The first-order chi connectivity index (χ1) is 24.8. The third kappa shape index (κ3) is 4.06. The quantitative estimate of drug-likeness (QED) is 0.173. The third-order valence-electron chi connectivity index (χ3n) is 10.5. The molecule has 232 valence electrons. The molecule has 2 heteroatoms. The van der Waals surface area contributed by atoms with Gasteiger partial charge in [-0.2, -0.15) is 0 Å². The third-order valence-corrected chi connectivity index (χ3v) is 11.6. The molecule has 0 radical (unpaired) electrons. The minimum atomic E-state index is 0.904. The predicted molar refractivity (Wildman–Crippen MR) is 215 cm³/mol. The first kappa shape index (κ1) is 27.7. The molecule has 0 atom stereocenters. The molecule has 0 aliphatic heterocycles. The van der Waals surface area contributed by atoms with Crippen LogP contribution >= 0.6 is 11.3 Å². The molecule has 0 aliphatic rings.